The lowest BCUT2D eigenvalue weighted by molar-refractivity contribution is -0.140. The van der Waals surface area contributed by atoms with Crippen LogP contribution >= 0.6 is 0 Å². The predicted octanol–water partition coefficient (Wildman–Crippen LogP) is 1.01. The number of H-pyrrole nitrogens is 1. The predicted molar refractivity (Wildman–Crippen MR) is 53.8 cm³/mol. The van der Waals surface area contributed by atoms with E-state index in [2.05, 4.69) is 14.6 Å². The Morgan fingerprint density at radius 1 is 1.64 bits per heavy atom. The number of carbonyl (C=O) groups is 1. The molecule has 0 atom stereocenters. The van der Waals surface area contributed by atoms with Crippen LogP contribution in [0.1, 0.15) is 12.1 Å². The molecule has 0 amide bonds. The molecule has 1 N–H and O–H groups in total. The van der Waals surface area contributed by atoms with E-state index in [1.807, 2.05) is 25.4 Å². The van der Waals surface area contributed by atoms with E-state index >= 15 is 0 Å². The number of aromatic amines is 1. The molecular formula is C10H16N2O2. The molecule has 0 aliphatic heterocycles. The van der Waals surface area contributed by atoms with E-state index in [1.54, 1.807) is 0 Å². The third-order valence-electron chi connectivity index (χ3n) is 2.03. The molecule has 0 saturated carbocycles. The molecule has 0 aromatic carbocycles. The van der Waals surface area contributed by atoms with Gasteiger partial charge in [-0.2, -0.15) is 0 Å². The van der Waals surface area contributed by atoms with Gasteiger partial charge in [0.15, 0.2) is 0 Å². The van der Waals surface area contributed by atoms with Gasteiger partial charge in [0.05, 0.1) is 13.5 Å². The summed E-state index contributed by atoms with van der Waals surface area (Å²) in [6, 6.07) is 3.98. The van der Waals surface area contributed by atoms with E-state index in [-0.39, 0.29) is 5.97 Å². The number of nitrogens with one attached hydrogen (secondary N) is 1. The molecule has 0 bridgehead atoms. The number of hydrogen-bond donors (Lipinski definition) is 1. The van der Waals surface area contributed by atoms with E-state index in [1.165, 1.54) is 7.11 Å². The maximum atomic E-state index is 10.9. The zero-order chi connectivity index (χ0) is 10.4. The van der Waals surface area contributed by atoms with Gasteiger partial charge in [-0.3, -0.25) is 4.79 Å². The fraction of sp³-hybridized carbons (Fsp3) is 0.500. The van der Waals surface area contributed by atoms with E-state index in [0.29, 0.717) is 13.0 Å². The number of hydrogen-bond acceptors (Lipinski definition) is 3. The van der Waals surface area contributed by atoms with E-state index in [0.717, 1.165) is 12.2 Å². The highest BCUT2D eigenvalue weighted by Gasteiger charge is 2.04. The van der Waals surface area contributed by atoms with Gasteiger partial charge < -0.3 is 14.6 Å². The van der Waals surface area contributed by atoms with Gasteiger partial charge in [0, 0.05) is 25.0 Å². The number of carbonyl (C=O) groups excluding carboxylic acids is 1. The molecule has 1 aromatic heterocycles. The summed E-state index contributed by atoms with van der Waals surface area (Å²) in [7, 11) is 3.39. The second-order valence-corrected chi connectivity index (χ2v) is 3.26. The standard InChI is InChI=1S/C10H16N2O2/c1-12(7-5-10(13)14-2)8-9-4-3-6-11-9/h3-4,6,11H,5,7-8H2,1-2H3. The zero-order valence-corrected chi connectivity index (χ0v) is 8.62. The summed E-state index contributed by atoms with van der Waals surface area (Å²) in [6.07, 6.45) is 2.33. The minimum absolute atomic E-state index is 0.164. The van der Waals surface area contributed by atoms with Crippen molar-refractivity contribution in [2.75, 3.05) is 20.7 Å². The number of aromatic nitrogens is 1. The number of esters is 1. The summed E-state index contributed by atoms with van der Waals surface area (Å²) in [6.45, 7) is 1.54. The Labute approximate surface area is 83.9 Å². The average Bonchev–Trinajstić information content (AvgIpc) is 2.66. The van der Waals surface area contributed by atoms with Crippen molar-refractivity contribution >= 4 is 5.97 Å². The van der Waals surface area contributed by atoms with Crippen molar-refractivity contribution in [1.82, 2.24) is 9.88 Å². The Kier molecular flexibility index (Phi) is 4.19. The molecule has 14 heavy (non-hydrogen) atoms. The molecule has 0 saturated heterocycles. The minimum atomic E-state index is -0.164. The summed E-state index contributed by atoms with van der Waals surface area (Å²) < 4.78 is 4.56. The molecule has 1 heterocycles. The van der Waals surface area contributed by atoms with Gasteiger partial charge in [0.2, 0.25) is 0 Å². The molecular weight excluding hydrogens is 180 g/mol. The third kappa shape index (κ3) is 3.62. The summed E-state index contributed by atoms with van der Waals surface area (Å²) in [4.78, 5) is 16.0. The van der Waals surface area contributed by atoms with Crippen LogP contribution in [0.25, 0.3) is 0 Å². The second kappa shape index (κ2) is 5.44. The molecule has 1 aromatic rings. The van der Waals surface area contributed by atoms with Crippen LogP contribution in [0.2, 0.25) is 0 Å². The van der Waals surface area contributed by atoms with Crippen molar-refractivity contribution in [2.24, 2.45) is 0 Å². The minimum Gasteiger partial charge on any atom is -0.469 e. The lowest BCUT2D eigenvalue weighted by atomic mass is 10.3. The van der Waals surface area contributed by atoms with Gasteiger partial charge in [-0.05, 0) is 19.2 Å². The van der Waals surface area contributed by atoms with Crippen LogP contribution in [0.4, 0.5) is 0 Å². The molecule has 78 valence electrons. The largest absolute Gasteiger partial charge is 0.469 e. The highest BCUT2D eigenvalue weighted by atomic mass is 16.5. The van der Waals surface area contributed by atoms with Crippen molar-refractivity contribution in [3.8, 4) is 0 Å². The van der Waals surface area contributed by atoms with Crippen LogP contribution in [-0.2, 0) is 16.1 Å². The van der Waals surface area contributed by atoms with Gasteiger partial charge in [0.1, 0.15) is 0 Å². The summed E-state index contributed by atoms with van der Waals surface area (Å²) >= 11 is 0. The Morgan fingerprint density at radius 2 is 2.43 bits per heavy atom. The summed E-state index contributed by atoms with van der Waals surface area (Å²) in [5.74, 6) is -0.164. The van der Waals surface area contributed by atoms with Crippen LogP contribution in [0.15, 0.2) is 18.3 Å². The number of rotatable bonds is 5. The van der Waals surface area contributed by atoms with Crippen LogP contribution < -0.4 is 0 Å². The first-order valence-electron chi connectivity index (χ1n) is 4.60. The van der Waals surface area contributed by atoms with Crippen LogP contribution in [0.5, 0.6) is 0 Å². The van der Waals surface area contributed by atoms with Gasteiger partial charge in [-0.25, -0.2) is 0 Å². The Morgan fingerprint density at radius 3 is 3.00 bits per heavy atom. The molecule has 0 spiro atoms. The van der Waals surface area contributed by atoms with Gasteiger partial charge >= 0.3 is 5.97 Å². The van der Waals surface area contributed by atoms with Crippen LogP contribution in [0.3, 0.4) is 0 Å². The molecule has 4 heteroatoms. The topological polar surface area (TPSA) is 45.3 Å². The SMILES string of the molecule is COC(=O)CCN(C)Cc1ccc[nH]1. The average molecular weight is 196 g/mol. The van der Waals surface area contributed by atoms with Crippen molar-refractivity contribution < 1.29 is 9.53 Å². The maximum absolute atomic E-state index is 10.9. The molecule has 4 nitrogen and oxygen atoms in total. The quantitative estimate of drug-likeness (QED) is 0.715. The molecule has 0 fully saturated rings. The number of ether oxygens (including phenoxy) is 1. The van der Waals surface area contributed by atoms with E-state index in [4.69, 9.17) is 0 Å². The van der Waals surface area contributed by atoms with Gasteiger partial charge in [-0.1, -0.05) is 0 Å². The first-order chi connectivity index (χ1) is 6.72. The van der Waals surface area contributed by atoms with Crippen LogP contribution in [0, 0.1) is 0 Å². The number of methoxy groups -OCH3 is 1. The fourth-order valence-corrected chi connectivity index (χ4v) is 1.22. The Balaban J connectivity index is 2.22. The second-order valence-electron chi connectivity index (χ2n) is 3.26. The number of nitrogens with zero attached hydrogens (tertiary/aromatic N) is 1. The van der Waals surface area contributed by atoms with E-state index < -0.39 is 0 Å². The highest BCUT2D eigenvalue weighted by Crippen LogP contribution is 2.00. The summed E-state index contributed by atoms with van der Waals surface area (Å²) in [5.41, 5.74) is 1.15. The Hall–Kier alpha value is -1.29. The molecule has 0 aliphatic carbocycles. The normalized spacial score (nSPS) is 10.5. The third-order valence-corrected chi connectivity index (χ3v) is 2.03. The lowest BCUT2D eigenvalue weighted by Crippen LogP contribution is -2.21. The molecule has 0 radical (unpaired) electrons. The van der Waals surface area contributed by atoms with Crippen molar-refractivity contribution in [3.05, 3.63) is 24.0 Å². The lowest BCUT2D eigenvalue weighted by Gasteiger charge is -2.14. The molecule has 1 rings (SSSR count). The summed E-state index contributed by atoms with van der Waals surface area (Å²) in [5, 5.41) is 0. The maximum Gasteiger partial charge on any atom is 0.306 e. The molecule has 0 aliphatic rings. The van der Waals surface area contributed by atoms with Gasteiger partial charge in [-0.15, -0.1) is 0 Å². The zero-order valence-electron chi connectivity index (χ0n) is 8.62. The first kappa shape index (κ1) is 10.8. The van der Waals surface area contributed by atoms with Crippen LogP contribution in [-0.4, -0.2) is 36.6 Å². The smallest absolute Gasteiger partial charge is 0.306 e. The molecule has 0 unspecified atom stereocenters. The van der Waals surface area contributed by atoms with Crippen molar-refractivity contribution in [2.45, 2.75) is 13.0 Å². The van der Waals surface area contributed by atoms with Crippen molar-refractivity contribution in [1.29, 1.82) is 0 Å². The van der Waals surface area contributed by atoms with E-state index in [9.17, 15) is 4.79 Å². The first-order valence-corrected chi connectivity index (χ1v) is 4.60. The van der Waals surface area contributed by atoms with Gasteiger partial charge in [0.25, 0.3) is 0 Å². The Bertz CT molecular complexity index is 270. The monoisotopic (exact) mass is 196 g/mol. The van der Waals surface area contributed by atoms with Crippen molar-refractivity contribution in [3.63, 3.8) is 0 Å². The highest BCUT2D eigenvalue weighted by molar-refractivity contribution is 5.69. The fourth-order valence-electron chi connectivity index (χ4n) is 1.22.